The van der Waals surface area contributed by atoms with Crippen LogP contribution in [-0.2, 0) is 25.5 Å². The molecule has 2 aliphatic rings. The Kier molecular flexibility index (Phi) is 6.75. The second kappa shape index (κ2) is 9.35. The Balaban J connectivity index is 1.62. The van der Waals surface area contributed by atoms with E-state index in [2.05, 4.69) is 21.3 Å². The van der Waals surface area contributed by atoms with Crippen LogP contribution < -0.4 is 26.0 Å². The Labute approximate surface area is 189 Å². The van der Waals surface area contributed by atoms with Crippen molar-refractivity contribution in [2.24, 2.45) is 0 Å². The highest BCUT2D eigenvalue weighted by Gasteiger charge is 2.33. The smallest absolute Gasteiger partial charge is 0.408 e. The third-order valence-corrected chi connectivity index (χ3v) is 4.89. The molecule has 1 saturated heterocycles. The predicted molar refractivity (Wildman–Crippen MR) is 116 cm³/mol. The Bertz CT molecular complexity index is 988. The van der Waals surface area contributed by atoms with Gasteiger partial charge in [-0.15, -0.1) is 0 Å². The van der Waals surface area contributed by atoms with Crippen LogP contribution in [-0.4, -0.2) is 58.7 Å². The lowest BCUT2D eigenvalue weighted by atomic mass is 10.0. The van der Waals surface area contributed by atoms with Gasteiger partial charge in [0, 0.05) is 6.42 Å². The maximum Gasteiger partial charge on any atom is 0.408 e. The third kappa shape index (κ3) is 6.34. The molecule has 3 atom stereocenters. The molecule has 0 aliphatic carbocycles. The van der Waals surface area contributed by atoms with Crippen LogP contribution in [0.3, 0.4) is 0 Å². The van der Waals surface area contributed by atoms with E-state index < -0.39 is 41.8 Å². The maximum atomic E-state index is 12.5. The van der Waals surface area contributed by atoms with Crippen molar-refractivity contribution in [3.05, 3.63) is 23.8 Å². The number of aliphatic carboxylic acids is 1. The van der Waals surface area contributed by atoms with Crippen LogP contribution in [0, 0.1) is 5.41 Å². The molecular formula is C21H27N5O7. The van der Waals surface area contributed by atoms with E-state index in [9.17, 15) is 24.3 Å². The van der Waals surface area contributed by atoms with Crippen molar-refractivity contribution in [2.45, 2.75) is 63.8 Å². The summed E-state index contributed by atoms with van der Waals surface area (Å²) in [5.41, 5.74) is 0.176. The SMILES string of the molecule is CC(C)(C)OC(=O)N[C@@H](Cc1ccc2c(c1)NC(=O)C(CCC1NC(=N)NC1=O)O2)C(=O)O. The molecule has 2 unspecified atom stereocenters. The van der Waals surface area contributed by atoms with Gasteiger partial charge in [0.1, 0.15) is 23.4 Å². The van der Waals surface area contributed by atoms with Gasteiger partial charge in [0.15, 0.2) is 12.1 Å². The number of amides is 3. The lowest BCUT2D eigenvalue weighted by Gasteiger charge is -2.27. The Morgan fingerprint density at radius 2 is 1.94 bits per heavy atom. The molecule has 0 spiro atoms. The fourth-order valence-electron chi connectivity index (χ4n) is 3.41. The molecule has 6 N–H and O–H groups in total. The summed E-state index contributed by atoms with van der Waals surface area (Å²) in [6.07, 6.45) is -1.13. The summed E-state index contributed by atoms with van der Waals surface area (Å²) in [5.74, 6) is -1.61. The number of carbonyl (C=O) groups is 4. The van der Waals surface area contributed by atoms with Crippen molar-refractivity contribution in [3.63, 3.8) is 0 Å². The number of hydrogen-bond donors (Lipinski definition) is 6. The van der Waals surface area contributed by atoms with E-state index in [1.165, 1.54) is 0 Å². The minimum atomic E-state index is -1.23. The van der Waals surface area contributed by atoms with Crippen LogP contribution in [0.25, 0.3) is 0 Å². The second-order valence-corrected chi connectivity index (χ2v) is 8.81. The van der Waals surface area contributed by atoms with Crippen molar-refractivity contribution in [3.8, 4) is 5.75 Å². The second-order valence-electron chi connectivity index (χ2n) is 8.81. The van der Waals surface area contributed by atoms with Crippen molar-refractivity contribution in [1.82, 2.24) is 16.0 Å². The van der Waals surface area contributed by atoms with Gasteiger partial charge < -0.3 is 30.5 Å². The van der Waals surface area contributed by atoms with Gasteiger partial charge >= 0.3 is 12.1 Å². The Morgan fingerprint density at radius 1 is 1.21 bits per heavy atom. The number of anilines is 1. The maximum absolute atomic E-state index is 12.5. The molecule has 3 amide bonds. The van der Waals surface area contributed by atoms with Gasteiger partial charge in [0.25, 0.3) is 5.91 Å². The zero-order valence-corrected chi connectivity index (χ0v) is 18.5. The Morgan fingerprint density at radius 3 is 2.55 bits per heavy atom. The first-order chi connectivity index (χ1) is 15.4. The minimum Gasteiger partial charge on any atom is -0.480 e. The van der Waals surface area contributed by atoms with Crippen LogP contribution in [0.1, 0.15) is 39.2 Å². The zero-order valence-electron chi connectivity index (χ0n) is 18.5. The van der Waals surface area contributed by atoms with E-state index in [1.54, 1.807) is 39.0 Å². The molecule has 1 fully saturated rings. The third-order valence-electron chi connectivity index (χ3n) is 4.89. The van der Waals surface area contributed by atoms with Gasteiger partial charge in [0.2, 0.25) is 5.91 Å². The number of hydrogen-bond acceptors (Lipinski definition) is 7. The molecule has 0 radical (unpaired) electrons. The molecule has 12 nitrogen and oxygen atoms in total. The standard InChI is InChI=1S/C21H27N5O7/c1-21(2,3)33-20(31)25-13(18(29)30)9-10-4-6-14-12(8-10)23-17(28)15(32-14)7-5-11-16(27)26-19(22)24-11/h4,6,8,11,13,15H,5,7,9H2,1-3H3,(H,23,28)(H,25,31)(H,29,30)(H3,22,24,26,27)/t11?,13-,15?/m0/s1. The first kappa shape index (κ1) is 23.8. The number of ether oxygens (including phenoxy) is 2. The number of carboxylic acid groups (broad SMARTS) is 1. The van der Waals surface area contributed by atoms with Crippen molar-refractivity contribution >= 4 is 35.5 Å². The number of benzene rings is 1. The van der Waals surface area contributed by atoms with E-state index in [4.69, 9.17) is 14.9 Å². The molecule has 2 heterocycles. The molecule has 3 rings (SSSR count). The number of rotatable bonds is 7. The highest BCUT2D eigenvalue weighted by molar-refractivity contribution is 6.05. The number of fused-ring (bicyclic) bond motifs is 1. The van der Waals surface area contributed by atoms with Gasteiger partial charge in [-0.1, -0.05) is 6.07 Å². The number of guanidine groups is 1. The number of alkyl carbamates (subject to hydrolysis) is 1. The molecule has 0 aromatic heterocycles. The van der Waals surface area contributed by atoms with Crippen molar-refractivity contribution in [1.29, 1.82) is 5.41 Å². The summed E-state index contributed by atoms with van der Waals surface area (Å²) in [7, 11) is 0. The fraction of sp³-hybridized carbons (Fsp3) is 0.476. The van der Waals surface area contributed by atoms with E-state index in [0.29, 0.717) is 23.4 Å². The molecule has 1 aromatic rings. The molecule has 0 saturated carbocycles. The summed E-state index contributed by atoms with van der Waals surface area (Å²) >= 11 is 0. The van der Waals surface area contributed by atoms with Crippen LogP contribution in [0.2, 0.25) is 0 Å². The molecule has 1 aromatic carbocycles. The lowest BCUT2D eigenvalue weighted by molar-refractivity contribution is -0.139. The quantitative estimate of drug-likeness (QED) is 0.343. The van der Waals surface area contributed by atoms with E-state index >= 15 is 0 Å². The number of carboxylic acids is 1. The van der Waals surface area contributed by atoms with Gasteiger partial charge in [-0.25, -0.2) is 9.59 Å². The van der Waals surface area contributed by atoms with E-state index in [-0.39, 0.29) is 24.7 Å². The number of carbonyl (C=O) groups excluding carboxylic acids is 3. The fourth-order valence-corrected chi connectivity index (χ4v) is 3.41. The summed E-state index contributed by atoms with van der Waals surface area (Å²) in [6.45, 7) is 5.02. The van der Waals surface area contributed by atoms with Crippen LogP contribution in [0.5, 0.6) is 5.75 Å². The average molecular weight is 461 g/mol. The predicted octanol–water partition coefficient (Wildman–Crippen LogP) is 0.709. The molecular weight excluding hydrogens is 434 g/mol. The van der Waals surface area contributed by atoms with Crippen LogP contribution >= 0.6 is 0 Å². The normalized spacial score (nSPS) is 20.5. The summed E-state index contributed by atoms with van der Waals surface area (Å²) in [5, 5.41) is 27.0. The first-order valence-electron chi connectivity index (χ1n) is 10.4. The van der Waals surface area contributed by atoms with Gasteiger partial charge in [0.05, 0.1) is 5.69 Å². The lowest BCUT2D eigenvalue weighted by Crippen LogP contribution is -2.44. The summed E-state index contributed by atoms with van der Waals surface area (Å²) in [6, 6.07) is 3.02. The van der Waals surface area contributed by atoms with E-state index in [0.717, 1.165) is 0 Å². The van der Waals surface area contributed by atoms with Gasteiger partial charge in [-0.05, 0) is 51.3 Å². The number of nitrogens with one attached hydrogen (secondary N) is 5. The van der Waals surface area contributed by atoms with Crippen LogP contribution in [0.4, 0.5) is 10.5 Å². The van der Waals surface area contributed by atoms with Crippen molar-refractivity contribution in [2.75, 3.05) is 5.32 Å². The van der Waals surface area contributed by atoms with Gasteiger partial charge in [-0.2, -0.15) is 0 Å². The zero-order chi connectivity index (χ0) is 24.3. The summed E-state index contributed by atoms with van der Waals surface area (Å²) in [4.78, 5) is 47.7. The highest BCUT2D eigenvalue weighted by atomic mass is 16.6. The largest absolute Gasteiger partial charge is 0.480 e. The van der Waals surface area contributed by atoms with Crippen LogP contribution in [0.15, 0.2) is 18.2 Å². The topological polar surface area (TPSA) is 179 Å². The first-order valence-corrected chi connectivity index (χ1v) is 10.4. The average Bonchev–Trinajstić information content (AvgIpc) is 3.01. The van der Waals surface area contributed by atoms with Crippen molar-refractivity contribution < 1.29 is 33.8 Å². The molecule has 33 heavy (non-hydrogen) atoms. The molecule has 12 heteroatoms. The molecule has 178 valence electrons. The molecule has 0 bridgehead atoms. The molecule has 2 aliphatic heterocycles. The Hall–Kier alpha value is -3.83. The monoisotopic (exact) mass is 461 g/mol. The van der Waals surface area contributed by atoms with E-state index in [1.807, 2.05) is 0 Å². The minimum absolute atomic E-state index is 0.0322. The summed E-state index contributed by atoms with van der Waals surface area (Å²) < 4.78 is 10.9. The highest BCUT2D eigenvalue weighted by Crippen LogP contribution is 2.32. The van der Waals surface area contributed by atoms with Gasteiger partial charge in [-0.3, -0.25) is 20.3 Å².